The molecule has 1 aromatic carbocycles. The fraction of sp³-hybridized carbons (Fsp3) is 0.562. The van der Waals surface area contributed by atoms with Gasteiger partial charge in [0.15, 0.2) is 0 Å². The summed E-state index contributed by atoms with van der Waals surface area (Å²) in [6, 6.07) is 5.28. The molecule has 4 nitrogen and oxygen atoms in total. The van der Waals surface area contributed by atoms with Crippen molar-refractivity contribution in [1.82, 2.24) is 15.5 Å². The molecule has 0 saturated carbocycles. The van der Waals surface area contributed by atoms with E-state index in [1.807, 2.05) is 36.8 Å². The van der Waals surface area contributed by atoms with E-state index >= 15 is 0 Å². The number of halogens is 3. The lowest BCUT2D eigenvalue weighted by molar-refractivity contribution is -0.121. The number of hydrogen-bond acceptors (Lipinski definition) is 4. The molecule has 1 saturated heterocycles. The summed E-state index contributed by atoms with van der Waals surface area (Å²) in [6.45, 7) is 1.96. The van der Waals surface area contributed by atoms with Crippen LogP contribution in [-0.4, -0.2) is 49.0 Å². The average Bonchev–Trinajstić information content (AvgIpc) is 2.48. The van der Waals surface area contributed by atoms with Gasteiger partial charge in [0, 0.05) is 49.2 Å². The second kappa shape index (κ2) is 11.9. The second-order valence-corrected chi connectivity index (χ2v) is 7.02. The van der Waals surface area contributed by atoms with E-state index < -0.39 is 0 Å². The van der Waals surface area contributed by atoms with Crippen molar-refractivity contribution in [2.24, 2.45) is 0 Å². The summed E-state index contributed by atoms with van der Waals surface area (Å²) in [5.41, 5.74) is 1.58. The molecular formula is C16H26Cl2FN3OS. The molecule has 1 amide bonds. The summed E-state index contributed by atoms with van der Waals surface area (Å²) in [5.74, 6) is 1.94. The lowest BCUT2D eigenvalue weighted by Gasteiger charge is -2.22. The van der Waals surface area contributed by atoms with E-state index in [-0.39, 0.29) is 42.6 Å². The number of nitrogens with zero attached hydrogens (tertiary/aromatic N) is 1. The molecule has 1 atom stereocenters. The van der Waals surface area contributed by atoms with E-state index in [0.29, 0.717) is 25.1 Å². The van der Waals surface area contributed by atoms with Crippen molar-refractivity contribution in [3.05, 3.63) is 35.1 Å². The molecule has 0 radical (unpaired) electrons. The van der Waals surface area contributed by atoms with Gasteiger partial charge in [0.2, 0.25) is 5.91 Å². The molecule has 1 aliphatic rings. The molecule has 1 unspecified atom stereocenters. The lowest BCUT2D eigenvalue weighted by atomic mass is 10.1. The highest BCUT2D eigenvalue weighted by Crippen LogP contribution is 2.13. The van der Waals surface area contributed by atoms with Gasteiger partial charge in [-0.05, 0) is 31.8 Å². The topological polar surface area (TPSA) is 44.4 Å². The van der Waals surface area contributed by atoms with E-state index in [1.54, 1.807) is 6.07 Å². The number of thioether (sulfide) groups is 1. The zero-order valence-electron chi connectivity index (χ0n) is 14.0. The van der Waals surface area contributed by atoms with Crippen LogP contribution in [0.3, 0.4) is 0 Å². The molecule has 1 fully saturated rings. The van der Waals surface area contributed by atoms with Crippen molar-refractivity contribution in [2.45, 2.75) is 25.6 Å². The van der Waals surface area contributed by atoms with Crippen molar-refractivity contribution in [3.63, 3.8) is 0 Å². The van der Waals surface area contributed by atoms with Crippen LogP contribution in [0, 0.1) is 5.82 Å². The third-order valence-corrected chi connectivity index (χ3v) is 4.65. The van der Waals surface area contributed by atoms with Crippen LogP contribution >= 0.6 is 36.6 Å². The number of hydrogen-bond donors (Lipinski definition) is 2. The summed E-state index contributed by atoms with van der Waals surface area (Å²) >= 11 is 1.88. The fourth-order valence-electron chi connectivity index (χ4n) is 2.45. The Kier molecular flexibility index (Phi) is 11.7. The minimum absolute atomic E-state index is 0. The molecule has 1 aliphatic heterocycles. The third-order valence-electron chi connectivity index (χ3n) is 3.52. The highest BCUT2D eigenvalue weighted by atomic mass is 35.5. The largest absolute Gasteiger partial charge is 0.352 e. The zero-order valence-corrected chi connectivity index (χ0v) is 16.5. The molecule has 8 heteroatoms. The monoisotopic (exact) mass is 397 g/mol. The Morgan fingerprint density at radius 3 is 2.79 bits per heavy atom. The minimum atomic E-state index is -0.202. The van der Waals surface area contributed by atoms with Crippen molar-refractivity contribution in [1.29, 1.82) is 0 Å². The Bertz CT molecular complexity index is 514. The molecule has 0 aliphatic carbocycles. The molecule has 138 valence electrons. The van der Waals surface area contributed by atoms with E-state index in [9.17, 15) is 9.18 Å². The van der Waals surface area contributed by atoms with Crippen LogP contribution < -0.4 is 10.6 Å². The summed E-state index contributed by atoms with van der Waals surface area (Å²) in [7, 11) is 3.81. The van der Waals surface area contributed by atoms with Crippen molar-refractivity contribution in [2.75, 3.05) is 32.1 Å². The van der Waals surface area contributed by atoms with Gasteiger partial charge in [-0.15, -0.1) is 24.8 Å². The minimum Gasteiger partial charge on any atom is -0.352 e. The van der Waals surface area contributed by atoms with Crippen LogP contribution in [0.2, 0.25) is 0 Å². The van der Waals surface area contributed by atoms with Gasteiger partial charge < -0.3 is 15.5 Å². The van der Waals surface area contributed by atoms with Crippen LogP contribution in [-0.2, 0) is 17.9 Å². The quantitative estimate of drug-likeness (QED) is 0.773. The average molecular weight is 398 g/mol. The Hall–Kier alpha value is -0.530. The van der Waals surface area contributed by atoms with Gasteiger partial charge in [-0.25, -0.2) is 4.39 Å². The molecule has 24 heavy (non-hydrogen) atoms. The highest BCUT2D eigenvalue weighted by Gasteiger charge is 2.16. The van der Waals surface area contributed by atoms with Crippen molar-refractivity contribution < 1.29 is 9.18 Å². The molecule has 0 spiro atoms. The molecule has 2 rings (SSSR count). The Balaban J connectivity index is 0.00000264. The zero-order chi connectivity index (χ0) is 15.9. The molecule has 0 bridgehead atoms. The first-order valence-electron chi connectivity index (χ1n) is 7.54. The van der Waals surface area contributed by atoms with Gasteiger partial charge in [-0.2, -0.15) is 11.8 Å². The maximum Gasteiger partial charge on any atom is 0.221 e. The summed E-state index contributed by atoms with van der Waals surface area (Å²) in [4.78, 5) is 13.9. The molecular weight excluding hydrogens is 372 g/mol. The van der Waals surface area contributed by atoms with Gasteiger partial charge >= 0.3 is 0 Å². The van der Waals surface area contributed by atoms with Crippen LogP contribution in [0.25, 0.3) is 0 Å². The number of rotatable bonds is 6. The Morgan fingerprint density at radius 1 is 1.42 bits per heavy atom. The first kappa shape index (κ1) is 23.5. The number of nitrogens with one attached hydrogen (secondary N) is 2. The first-order valence-corrected chi connectivity index (χ1v) is 8.70. The second-order valence-electron chi connectivity index (χ2n) is 5.87. The molecule has 0 aromatic heterocycles. The van der Waals surface area contributed by atoms with E-state index in [2.05, 4.69) is 10.6 Å². The number of carbonyl (C=O) groups excluding carboxylic acids is 1. The van der Waals surface area contributed by atoms with Crippen LogP contribution in [0.15, 0.2) is 18.2 Å². The molecule has 2 N–H and O–H groups in total. The maximum absolute atomic E-state index is 13.7. The highest BCUT2D eigenvalue weighted by molar-refractivity contribution is 7.99. The van der Waals surface area contributed by atoms with Crippen molar-refractivity contribution >= 4 is 42.5 Å². The smallest absolute Gasteiger partial charge is 0.221 e. The van der Waals surface area contributed by atoms with Gasteiger partial charge in [-0.3, -0.25) is 4.79 Å². The maximum atomic E-state index is 13.7. The Morgan fingerprint density at radius 2 is 2.17 bits per heavy atom. The van der Waals surface area contributed by atoms with Crippen molar-refractivity contribution in [3.8, 4) is 0 Å². The summed E-state index contributed by atoms with van der Waals surface area (Å²) in [6.07, 6.45) is 0.499. The first-order chi connectivity index (χ1) is 10.5. The molecule has 1 heterocycles. The van der Waals surface area contributed by atoms with E-state index in [1.165, 1.54) is 6.07 Å². The third kappa shape index (κ3) is 8.03. The summed E-state index contributed by atoms with van der Waals surface area (Å²) in [5, 5.41) is 6.27. The lowest BCUT2D eigenvalue weighted by Crippen LogP contribution is -2.41. The predicted octanol–water partition coefficient (Wildman–Crippen LogP) is 2.44. The van der Waals surface area contributed by atoms with Crippen LogP contribution in [0.5, 0.6) is 0 Å². The number of benzene rings is 1. The van der Waals surface area contributed by atoms with Gasteiger partial charge in [0.1, 0.15) is 5.82 Å². The van der Waals surface area contributed by atoms with Gasteiger partial charge in [0.25, 0.3) is 0 Å². The van der Waals surface area contributed by atoms with E-state index in [4.69, 9.17) is 0 Å². The van der Waals surface area contributed by atoms with Gasteiger partial charge in [-0.1, -0.05) is 6.07 Å². The molecule has 1 aromatic rings. The number of carbonyl (C=O) groups is 1. The standard InChI is InChI=1S/C16H24FN3OS.2ClH/c1-20(2)10-13-7-12(3-4-15(13)17)9-19-16(21)8-14-11-22-6-5-18-14;;/h3-4,7,14,18H,5-6,8-11H2,1-2H3,(H,19,21);2*1H. The SMILES string of the molecule is CN(C)Cc1cc(CNC(=O)CC2CSCCN2)ccc1F.Cl.Cl. The van der Waals surface area contributed by atoms with Gasteiger partial charge in [0.05, 0.1) is 0 Å². The number of amides is 1. The van der Waals surface area contributed by atoms with Crippen LogP contribution in [0.4, 0.5) is 4.39 Å². The predicted molar refractivity (Wildman–Crippen MR) is 104 cm³/mol. The fourth-order valence-corrected chi connectivity index (χ4v) is 3.40. The summed E-state index contributed by atoms with van der Waals surface area (Å²) < 4.78 is 13.7. The Labute approximate surface area is 160 Å². The van der Waals surface area contributed by atoms with E-state index in [0.717, 1.165) is 23.6 Å². The van der Waals surface area contributed by atoms with Crippen LogP contribution in [0.1, 0.15) is 17.5 Å². The normalized spacial score (nSPS) is 16.9.